The van der Waals surface area contributed by atoms with Crippen LogP contribution in [0.1, 0.15) is 18.7 Å². The highest BCUT2D eigenvalue weighted by atomic mass is 32.1. The van der Waals surface area contributed by atoms with Gasteiger partial charge in [-0.05, 0) is 32.0 Å². The number of nitrogens with zero attached hydrogens (tertiary/aromatic N) is 4. The molecule has 1 amide bonds. The van der Waals surface area contributed by atoms with Crippen molar-refractivity contribution in [2.75, 3.05) is 31.1 Å². The molecule has 0 aliphatic carbocycles. The van der Waals surface area contributed by atoms with Crippen molar-refractivity contribution in [1.82, 2.24) is 14.7 Å². The van der Waals surface area contributed by atoms with E-state index in [1.165, 1.54) is 10.7 Å². The third-order valence-corrected chi connectivity index (χ3v) is 7.39. The van der Waals surface area contributed by atoms with Crippen molar-refractivity contribution >= 4 is 43.1 Å². The average molecular weight is 451 g/mol. The number of hydrogen-bond donors (Lipinski definition) is 0. The lowest BCUT2D eigenvalue weighted by molar-refractivity contribution is -0.135. The van der Waals surface area contributed by atoms with Gasteiger partial charge in [0, 0.05) is 36.3 Å². The maximum Gasteiger partial charge on any atom is 0.276 e. The van der Waals surface area contributed by atoms with E-state index in [1.54, 1.807) is 35.3 Å². The summed E-state index contributed by atoms with van der Waals surface area (Å²) in [6, 6.07) is 13.7. The van der Waals surface area contributed by atoms with E-state index in [9.17, 15) is 14.0 Å². The van der Waals surface area contributed by atoms with Gasteiger partial charge in [0.2, 0.25) is 5.91 Å². The first-order chi connectivity index (χ1) is 15.5. The number of piperazine rings is 1. The average Bonchev–Trinajstić information content (AvgIpc) is 3.22. The van der Waals surface area contributed by atoms with Crippen LogP contribution in [-0.2, 0) is 4.79 Å². The summed E-state index contributed by atoms with van der Waals surface area (Å²) in [6.45, 7) is 5.60. The van der Waals surface area contributed by atoms with Crippen molar-refractivity contribution in [2.24, 2.45) is 0 Å². The van der Waals surface area contributed by atoms with E-state index in [2.05, 4.69) is 5.10 Å². The molecule has 6 nitrogen and oxygen atoms in total. The van der Waals surface area contributed by atoms with Gasteiger partial charge in [0.1, 0.15) is 11.9 Å². The van der Waals surface area contributed by atoms with Gasteiger partial charge >= 0.3 is 0 Å². The number of hydrogen-bond acceptors (Lipinski definition) is 5. The summed E-state index contributed by atoms with van der Waals surface area (Å²) in [5.41, 5.74) is 1.05. The van der Waals surface area contributed by atoms with Gasteiger partial charge in [-0.25, -0.2) is 9.07 Å². The summed E-state index contributed by atoms with van der Waals surface area (Å²) in [6.07, 6.45) is 0. The Hall–Kier alpha value is -3.26. The summed E-state index contributed by atoms with van der Waals surface area (Å²) in [4.78, 5) is 30.3. The second-order valence-corrected chi connectivity index (χ2v) is 9.13. The van der Waals surface area contributed by atoms with E-state index in [1.807, 2.05) is 42.2 Å². The molecule has 0 bridgehead atoms. The minimum absolute atomic E-state index is 0.147. The maximum absolute atomic E-state index is 14.1. The van der Waals surface area contributed by atoms with Gasteiger partial charge < -0.3 is 9.80 Å². The highest BCUT2D eigenvalue weighted by Gasteiger charge is 2.29. The molecule has 8 heteroatoms. The van der Waals surface area contributed by atoms with Crippen LogP contribution in [0.5, 0.6) is 0 Å². The number of halogens is 1. The zero-order chi connectivity index (χ0) is 22.4. The fourth-order valence-electron chi connectivity index (χ4n) is 4.39. The van der Waals surface area contributed by atoms with Crippen molar-refractivity contribution in [2.45, 2.75) is 19.9 Å². The Morgan fingerprint density at radius 1 is 1.06 bits per heavy atom. The number of amides is 1. The molecule has 1 unspecified atom stereocenters. The van der Waals surface area contributed by atoms with E-state index in [0.717, 1.165) is 20.5 Å². The number of anilines is 1. The van der Waals surface area contributed by atoms with Crippen LogP contribution in [0.3, 0.4) is 0 Å². The minimum Gasteiger partial charge on any atom is -0.366 e. The zero-order valence-corrected chi connectivity index (χ0v) is 18.7. The van der Waals surface area contributed by atoms with E-state index >= 15 is 0 Å². The van der Waals surface area contributed by atoms with E-state index in [0.29, 0.717) is 37.3 Å². The molecule has 0 saturated carbocycles. The molecule has 1 aliphatic rings. The molecule has 164 valence electrons. The minimum atomic E-state index is -0.718. The fourth-order valence-corrected chi connectivity index (χ4v) is 5.52. The number of carbonyl (C=O) groups is 1. The van der Waals surface area contributed by atoms with Crippen molar-refractivity contribution in [3.05, 3.63) is 70.4 Å². The second-order valence-electron chi connectivity index (χ2n) is 8.08. The van der Waals surface area contributed by atoms with Crippen LogP contribution in [-0.4, -0.2) is 46.8 Å². The number of benzene rings is 2. The Bertz CT molecular complexity index is 1390. The Kier molecular flexibility index (Phi) is 5.17. The molecule has 1 fully saturated rings. The van der Waals surface area contributed by atoms with Crippen molar-refractivity contribution in [3.8, 4) is 0 Å². The smallest absolute Gasteiger partial charge is 0.276 e. The summed E-state index contributed by atoms with van der Waals surface area (Å²) in [5, 5.41) is 6.02. The molecule has 0 N–H and O–H groups in total. The van der Waals surface area contributed by atoms with Gasteiger partial charge in [-0.2, -0.15) is 5.10 Å². The third-order valence-electron chi connectivity index (χ3n) is 6.11. The monoisotopic (exact) mass is 450 g/mol. The summed E-state index contributed by atoms with van der Waals surface area (Å²) in [7, 11) is 0. The van der Waals surface area contributed by atoms with Crippen LogP contribution < -0.4 is 10.5 Å². The molecule has 1 saturated heterocycles. The van der Waals surface area contributed by atoms with E-state index in [4.69, 9.17) is 0 Å². The van der Waals surface area contributed by atoms with Gasteiger partial charge in [0.15, 0.2) is 0 Å². The zero-order valence-electron chi connectivity index (χ0n) is 17.9. The standard InChI is InChI=1S/C24H23FN4O2S/c1-15-22-21(17-7-3-6-10-20(17)32-22)24(31)29(26-15)16(2)23(30)28-13-11-27(12-14-28)19-9-5-4-8-18(19)25/h3-10,16H,11-14H2,1-2H3. The molecule has 5 rings (SSSR count). The van der Waals surface area contributed by atoms with Gasteiger partial charge in [0.05, 0.1) is 21.5 Å². The predicted molar refractivity (Wildman–Crippen MR) is 126 cm³/mol. The second kappa shape index (κ2) is 8.02. The molecule has 32 heavy (non-hydrogen) atoms. The van der Waals surface area contributed by atoms with Crippen LogP contribution in [0.4, 0.5) is 10.1 Å². The first-order valence-corrected chi connectivity index (χ1v) is 11.5. The number of para-hydroxylation sites is 1. The van der Waals surface area contributed by atoms with E-state index in [-0.39, 0.29) is 17.3 Å². The number of aryl methyl sites for hydroxylation is 1. The number of aromatic nitrogens is 2. The first-order valence-electron chi connectivity index (χ1n) is 10.6. The van der Waals surface area contributed by atoms with Crippen molar-refractivity contribution in [3.63, 3.8) is 0 Å². The molecule has 3 heterocycles. The lowest BCUT2D eigenvalue weighted by atomic mass is 10.1. The summed E-state index contributed by atoms with van der Waals surface area (Å²) >= 11 is 1.55. The Morgan fingerprint density at radius 3 is 2.50 bits per heavy atom. The fraction of sp³-hybridized carbons (Fsp3) is 0.292. The van der Waals surface area contributed by atoms with Crippen LogP contribution in [0.15, 0.2) is 53.3 Å². The SMILES string of the molecule is Cc1nn(C(C)C(=O)N2CCN(c3ccccc3F)CC2)c(=O)c2c1sc1ccccc12. The highest BCUT2D eigenvalue weighted by Crippen LogP contribution is 2.33. The molecule has 1 aliphatic heterocycles. The number of thiophene rings is 1. The lowest BCUT2D eigenvalue weighted by Crippen LogP contribution is -2.51. The van der Waals surface area contributed by atoms with Gasteiger partial charge in [0.25, 0.3) is 5.56 Å². The van der Waals surface area contributed by atoms with Gasteiger partial charge in [-0.3, -0.25) is 9.59 Å². The molecule has 0 spiro atoms. The number of carbonyl (C=O) groups excluding carboxylic acids is 1. The Balaban J connectivity index is 1.41. The number of fused-ring (bicyclic) bond motifs is 3. The van der Waals surface area contributed by atoms with Crippen LogP contribution in [0.2, 0.25) is 0 Å². The number of rotatable bonds is 3. The molecule has 2 aromatic carbocycles. The molecule has 0 radical (unpaired) electrons. The molecule has 1 atom stereocenters. The molecular formula is C24H23FN4O2S. The highest BCUT2D eigenvalue weighted by molar-refractivity contribution is 7.26. The Morgan fingerprint density at radius 2 is 1.75 bits per heavy atom. The quantitative estimate of drug-likeness (QED) is 0.474. The predicted octanol–water partition coefficient (Wildman–Crippen LogP) is 3.97. The summed E-state index contributed by atoms with van der Waals surface area (Å²) in [5.74, 6) is -0.408. The topological polar surface area (TPSA) is 58.4 Å². The summed E-state index contributed by atoms with van der Waals surface area (Å²) < 4.78 is 17.3. The van der Waals surface area contributed by atoms with Gasteiger partial charge in [-0.15, -0.1) is 11.3 Å². The van der Waals surface area contributed by atoms with Crippen molar-refractivity contribution in [1.29, 1.82) is 0 Å². The van der Waals surface area contributed by atoms with Crippen LogP contribution >= 0.6 is 11.3 Å². The molecular weight excluding hydrogens is 427 g/mol. The molecule has 4 aromatic rings. The first kappa shape index (κ1) is 20.6. The van der Waals surface area contributed by atoms with E-state index < -0.39 is 6.04 Å². The third kappa shape index (κ3) is 3.35. The maximum atomic E-state index is 14.1. The largest absolute Gasteiger partial charge is 0.366 e. The van der Waals surface area contributed by atoms with Crippen LogP contribution in [0, 0.1) is 12.7 Å². The van der Waals surface area contributed by atoms with Crippen LogP contribution in [0.25, 0.3) is 20.2 Å². The lowest BCUT2D eigenvalue weighted by Gasteiger charge is -2.37. The van der Waals surface area contributed by atoms with Gasteiger partial charge in [-0.1, -0.05) is 30.3 Å². The normalized spacial score (nSPS) is 15.5. The van der Waals surface area contributed by atoms with Crippen molar-refractivity contribution < 1.29 is 9.18 Å². The Labute approximate surface area is 188 Å². The molecule has 2 aromatic heterocycles.